The quantitative estimate of drug-likeness (QED) is 0.857. The molecule has 0 radical (unpaired) electrons. The molecule has 1 amide bonds. The Morgan fingerprint density at radius 3 is 2.26 bits per heavy atom. The summed E-state index contributed by atoms with van der Waals surface area (Å²) in [5.74, 6) is 0.949. The van der Waals surface area contributed by atoms with Gasteiger partial charge in [0.05, 0.1) is 0 Å². The molecule has 0 aliphatic carbocycles. The van der Waals surface area contributed by atoms with E-state index >= 15 is 0 Å². The van der Waals surface area contributed by atoms with Gasteiger partial charge in [-0.25, -0.2) is 0 Å². The Morgan fingerprint density at radius 1 is 1.04 bits per heavy atom. The van der Waals surface area contributed by atoms with Crippen LogP contribution in [-0.4, -0.2) is 30.0 Å². The number of carbonyl (C=O) groups is 1. The van der Waals surface area contributed by atoms with E-state index < -0.39 is 6.04 Å². The summed E-state index contributed by atoms with van der Waals surface area (Å²) in [6, 6.07) is 13.5. The maximum absolute atomic E-state index is 12.7. The number of carbonyl (C=O) groups excluding carboxylic acids is 1. The highest BCUT2D eigenvalue weighted by Crippen LogP contribution is 2.25. The van der Waals surface area contributed by atoms with Gasteiger partial charge in [-0.1, -0.05) is 42.0 Å². The Bertz CT molecular complexity index is 768. The van der Waals surface area contributed by atoms with Crippen LogP contribution in [0.1, 0.15) is 41.1 Å². The summed E-state index contributed by atoms with van der Waals surface area (Å²) in [6.07, 6.45) is 1.81. The smallest absolute Gasteiger partial charge is 0.244 e. The van der Waals surface area contributed by atoms with Gasteiger partial charge in [0.15, 0.2) is 0 Å². The number of amides is 1. The summed E-state index contributed by atoms with van der Waals surface area (Å²) in [7, 11) is 0. The first-order valence-corrected chi connectivity index (χ1v) is 9.29. The van der Waals surface area contributed by atoms with E-state index in [0.29, 0.717) is 13.1 Å². The van der Waals surface area contributed by atoms with E-state index in [0.717, 1.165) is 35.3 Å². The first-order chi connectivity index (χ1) is 12.4. The molecule has 1 aliphatic rings. The molecule has 27 heavy (non-hydrogen) atoms. The van der Waals surface area contributed by atoms with Crippen LogP contribution in [0.15, 0.2) is 42.5 Å². The van der Waals surface area contributed by atoms with Crippen molar-refractivity contribution in [1.29, 1.82) is 0 Å². The lowest BCUT2D eigenvalue weighted by atomic mass is 10.0. The third-order valence-corrected chi connectivity index (χ3v) is 5.09. The third kappa shape index (κ3) is 5.24. The number of ether oxygens (including phenoxy) is 1. The zero-order valence-electron chi connectivity index (χ0n) is 16.3. The lowest BCUT2D eigenvalue weighted by Gasteiger charge is -2.34. The fourth-order valence-corrected chi connectivity index (χ4v) is 3.32. The maximum Gasteiger partial charge on any atom is 0.244 e. The van der Waals surface area contributed by atoms with Gasteiger partial charge in [0, 0.05) is 25.9 Å². The maximum atomic E-state index is 12.7. The molecule has 4 nitrogen and oxygen atoms in total. The summed E-state index contributed by atoms with van der Waals surface area (Å²) >= 11 is 0. The van der Waals surface area contributed by atoms with E-state index in [1.165, 1.54) is 5.56 Å². The molecular weight excluding hydrogens is 360 g/mol. The number of rotatable bonds is 4. The summed E-state index contributed by atoms with van der Waals surface area (Å²) in [6.45, 7) is 7.54. The third-order valence-electron chi connectivity index (χ3n) is 5.09. The molecule has 2 aromatic carbocycles. The highest BCUT2D eigenvalue weighted by atomic mass is 35.5. The van der Waals surface area contributed by atoms with E-state index in [2.05, 4.69) is 32.0 Å². The monoisotopic (exact) mass is 388 g/mol. The molecule has 1 heterocycles. The molecule has 0 spiro atoms. The van der Waals surface area contributed by atoms with Gasteiger partial charge < -0.3 is 15.4 Å². The molecule has 2 N–H and O–H groups in total. The molecule has 1 unspecified atom stereocenters. The predicted molar refractivity (Wildman–Crippen MR) is 112 cm³/mol. The Morgan fingerprint density at radius 2 is 1.63 bits per heavy atom. The number of halogens is 1. The molecule has 3 rings (SSSR count). The van der Waals surface area contributed by atoms with Gasteiger partial charge in [-0.2, -0.15) is 0 Å². The van der Waals surface area contributed by atoms with E-state index in [4.69, 9.17) is 10.5 Å². The second-order valence-corrected chi connectivity index (χ2v) is 7.30. The van der Waals surface area contributed by atoms with Gasteiger partial charge >= 0.3 is 0 Å². The number of nitrogens with zero attached hydrogens (tertiary/aromatic N) is 1. The number of likely N-dealkylation sites (tertiary alicyclic amines) is 1. The van der Waals surface area contributed by atoms with Crippen molar-refractivity contribution in [1.82, 2.24) is 4.90 Å². The van der Waals surface area contributed by atoms with Crippen LogP contribution >= 0.6 is 12.4 Å². The van der Waals surface area contributed by atoms with Crippen LogP contribution in [0.5, 0.6) is 5.75 Å². The van der Waals surface area contributed by atoms with Crippen LogP contribution in [-0.2, 0) is 4.79 Å². The summed E-state index contributed by atoms with van der Waals surface area (Å²) in [5.41, 5.74) is 10.6. The van der Waals surface area contributed by atoms with E-state index in [9.17, 15) is 4.79 Å². The van der Waals surface area contributed by atoms with Gasteiger partial charge in [-0.15, -0.1) is 12.4 Å². The highest BCUT2D eigenvalue weighted by molar-refractivity contribution is 5.85. The largest absolute Gasteiger partial charge is 0.490 e. The zero-order valence-corrected chi connectivity index (χ0v) is 17.1. The van der Waals surface area contributed by atoms with Crippen LogP contribution in [0, 0.1) is 20.8 Å². The average Bonchev–Trinajstić information content (AvgIpc) is 2.65. The second kappa shape index (κ2) is 9.25. The standard InChI is InChI=1S/C22H28N2O2.ClH/c1-15-5-8-18(9-6-15)21(23)22(25)24-12-10-19(11-13-24)26-20-14-16(2)4-7-17(20)3;/h4-9,14,19,21H,10-13,23H2,1-3H3;1H. The second-order valence-electron chi connectivity index (χ2n) is 7.30. The fraction of sp³-hybridized carbons (Fsp3) is 0.409. The Kier molecular flexibility index (Phi) is 7.28. The number of hydrogen-bond acceptors (Lipinski definition) is 3. The molecule has 0 saturated carbocycles. The van der Waals surface area contributed by atoms with Crippen molar-refractivity contribution in [2.75, 3.05) is 13.1 Å². The molecule has 1 aliphatic heterocycles. The minimum Gasteiger partial charge on any atom is -0.490 e. The van der Waals surface area contributed by atoms with E-state index in [-0.39, 0.29) is 24.4 Å². The average molecular weight is 389 g/mol. The highest BCUT2D eigenvalue weighted by Gasteiger charge is 2.28. The molecule has 146 valence electrons. The van der Waals surface area contributed by atoms with Crippen LogP contribution in [0.3, 0.4) is 0 Å². The van der Waals surface area contributed by atoms with Gasteiger partial charge in [0.1, 0.15) is 17.9 Å². The van der Waals surface area contributed by atoms with Gasteiger partial charge in [-0.05, 0) is 43.5 Å². The normalized spacial score (nSPS) is 15.8. The SMILES string of the molecule is Cc1ccc(C(N)C(=O)N2CCC(Oc3cc(C)ccc3C)CC2)cc1.Cl. The minimum absolute atomic E-state index is 0. The molecule has 0 bridgehead atoms. The van der Waals surface area contributed by atoms with Crippen molar-refractivity contribution in [3.05, 3.63) is 64.7 Å². The van der Waals surface area contributed by atoms with Crippen molar-refractivity contribution in [2.45, 2.75) is 45.8 Å². The van der Waals surface area contributed by atoms with Gasteiger partial charge in [0.2, 0.25) is 5.91 Å². The lowest BCUT2D eigenvalue weighted by molar-refractivity contribution is -0.134. The zero-order chi connectivity index (χ0) is 18.7. The van der Waals surface area contributed by atoms with Crippen molar-refractivity contribution in [2.24, 2.45) is 5.73 Å². The Labute approximate surface area is 168 Å². The Balaban J connectivity index is 0.00000261. The number of nitrogens with two attached hydrogens (primary N) is 1. The molecule has 1 saturated heterocycles. The summed E-state index contributed by atoms with van der Waals surface area (Å²) < 4.78 is 6.18. The van der Waals surface area contributed by atoms with E-state index in [1.807, 2.05) is 36.1 Å². The molecule has 2 aromatic rings. The topological polar surface area (TPSA) is 55.6 Å². The summed E-state index contributed by atoms with van der Waals surface area (Å²) in [4.78, 5) is 14.6. The number of hydrogen-bond donors (Lipinski definition) is 1. The number of aryl methyl sites for hydroxylation is 3. The number of benzene rings is 2. The molecule has 1 atom stereocenters. The minimum atomic E-state index is -0.591. The van der Waals surface area contributed by atoms with Gasteiger partial charge in [0.25, 0.3) is 0 Å². The first kappa shape index (κ1) is 21.3. The number of piperidine rings is 1. The first-order valence-electron chi connectivity index (χ1n) is 9.29. The fourth-order valence-electron chi connectivity index (χ4n) is 3.32. The van der Waals surface area contributed by atoms with Gasteiger partial charge in [-0.3, -0.25) is 4.79 Å². The Hall–Kier alpha value is -2.04. The molecule has 0 aromatic heterocycles. The van der Waals surface area contributed by atoms with Crippen molar-refractivity contribution in [3.8, 4) is 5.75 Å². The lowest BCUT2D eigenvalue weighted by Crippen LogP contribution is -2.45. The molecular formula is C22H29ClN2O2. The van der Waals surface area contributed by atoms with Crippen LogP contribution in [0.4, 0.5) is 0 Å². The van der Waals surface area contributed by atoms with Crippen LogP contribution in [0.2, 0.25) is 0 Å². The summed E-state index contributed by atoms with van der Waals surface area (Å²) in [5, 5.41) is 0. The predicted octanol–water partition coefficient (Wildman–Crippen LogP) is 4.10. The van der Waals surface area contributed by atoms with Crippen molar-refractivity contribution < 1.29 is 9.53 Å². The van der Waals surface area contributed by atoms with Crippen LogP contribution in [0.25, 0.3) is 0 Å². The molecule has 5 heteroatoms. The van der Waals surface area contributed by atoms with Crippen molar-refractivity contribution >= 4 is 18.3 Å². The molecule has 1 fully saturated rings. The van der Waals surface area contributed by atoms with Crippen LogP contribution < -0.4 is 10.5 Å². The van der Waals surface area contributed by atoms with E-state index in [1.54, 1.807) is 0 Å². The van der Waals surface area contributed by atoms with Crippen molar-refractivity contribution in [3.63, 3.8) is 0 Å².